The van der Waals surface area contributed by atoms with Crippen LogP contribution in [0.15, 0.2) is 48.6 Å². The Morgan fingerprint density at radius 1 is 0.478 bits per heavy atom. The van der Waals surface area contributed by atoms with Crippen molar-refractivity contribution >= 4 is 23.9 Å². The van der Waals surface area contributed by atoms with Gasteiger partial charge in [0, 0.05) is 19.3 Å². The van der Waals surface area contributed by atoms with Crippen LogP contribution in [0.2, 0.25) is 0 Å². The average Bonchev–Trinajstić information content (AvgIpc) is 3.33. The van der Waals surface area contributed by atoms with Crippen LogP contribution in [0.1, 0.15) is 239 Å². The van der Waals surface area contributed by atoms with Crippen molar-refractivity contribution in [2.24, 2.45) is 0 Å². The monoisotopic (exact) mass is 975 g/mol. The molecular weight excluding hydrogens is 877 g/mol. The third-order valence-corrected chi connectivity index (χ3v) is 12.3. The molecule has 1 saturated heterocycles. The number of carbonyl (C=O) groups excluding carboxylic acids is 3. The van der Waals surface area contributed by atoms with Gasteiger partial charge in [-0.3, -0.25) is 14.4 Å². The highest BCUT2D eigenvalue weighted by Gasteiger charge is 2.50. The van der Waals surface area contributed by atoms with Crippen molar-refractivity contribution in [3.63, 3.8) is 0 Å². The molecule has 6 unspecified atom stereocenters. The van der Waals surface area contributed by atoms with Crippen molar-refractivity contribution in [3.8, 4) is 0 Å². The Balaban J connectivity index is 2.73. The van der Waals surface area contributed by atoms with Gasteiger partial charge in [-0.2, -0.15) is 0 Å². The van der Waals surface area contributed by atoms with E-state index >= 15 is 0 Å². The van der Waals surface area contributed by atoms with Crippen molar-refractivity contribution in [1.82, 2.24) is 0 Å². The molecule has 1 fully saturated rings. The zero-order chi connectivity index (χ0) is 50.4. The van der Waals surface area contributed by atoms with E-state index in [1.54, 1.807) is 0 Å². The fraction of sp³-hybridized carbons (Fsp3) is 0.789. The second-order valence-corrected chi connectivity index (χ2v) is 18.9. The number of carbonyl (C=O) groups is 4. The van der Waals surface area contributed by atoms with Crippen molar-refractivity contribution < 1.29 is 58.2 Å². The van der Waals surface area contributed by atoms with Crippen LogP contribution in [0.3, 0.4) is 0 Å². The number of aliphatic hydroxyl groups is 2. The fourth-order valence-electron chi connectivity index (χ4n) is 8.03. The Bertz CT molecular complexity index is 1390. The predicted octanol–water partition coefficient (Wildman–Crippen LogP) is 13.4. The van der Waals surface area contributed by atoms with Gasteiger partial charge in [0.05, 0.1) is 6.61 Å². The van der Waals surface area contributed by atoms with Crippen LogP contribution >= 0.6 is 0 Å². The molecule has 0 aromatic heterocycles. The standard InChI is InChI=1S/C57H98O12/c1-4-7-10-13-16-19-22-24-25-27-29-31-34-37-40-43-49(58)65-46-48(67-50(59)44-41-38-35-33-30-26-23-20-17-14-11-8-5-2)47-66-57-55(53(62)52(61)54(69-57)56(63)64)68-51(60)45-42-39-36-32-28-21-18-15-12-9-6-3/h11,14-15,18,20,23-25,48,52-55,57,61-62H,4-10,12-13,16-17,19,21-22,26-47H2,1-3H3,(H,63,64)/b14-11-,18-15-,23-20-,25-24-. The van der Waals surface area contributed by atoms with Crippen LogP contribution in [-0.2, 0) is 42.9 Å². The first kappa shape index (κ1) is 63.7. The quantitative estimate of drug-likeness (QED) is 0.0228. The number of esters is 3. The fourth-order valence-corrected chi connectivity index (χ4v) is 8.03. The van der Waals surface area contributed by atoms with Gasteiger partial charge in [-0.15, -0.1) is 0 Å². The van der Waals surface area contributed by atoms with E-state index in [9.17, 15) is 34.5 Å². The maximum absolute atomic E-state index is 13.1. The smallest absolute Gasteiger partial charge is 0.335 e. The number of hydrogen-bond acceptors (Lipinski definition) is 11. The van der Waals surface area contributed by atoms with Gasteiger partial charge >= 0.3 is 23.9 Å². The number of hydrogen-bond donors (Lipinski definition) is 3. The van der Waals surface area contributed by atoms with Crippen molar-refractivity contribution in [3.05, 3.63) is 48.6 Å². The lowest BCUT2D eigenvalue weighted by Gasteiger charge is -2.40. The maximum Gasteiger partial charge on any atom is 0.335 e. The van der Waals surface area contributed by atoms with Gasteiger partial charge in [-0.25, -0.2) is 4.79 Å². The van der Waals surface area contributed by atoms with Gasteiger partial charge < -0.3 is 39.0 Å². The van der Waals surface area contributed by atoms with Crippen LogP contribution in [0.25, 0.3) is 0 Å². The van der Waals surface area contributed by atoms with Crippen LogP contribution in [0, 0.1) is 0 Å². The Labute approximate surface area is 418 Å². The van der Waals surface area contributed by atoms with Gasteiger partial charge in [-0.1, -0.05) is 179 Å². The predicted molar refractivity (Wildman–Crippen MR) is 276 cm³/mol. The Morgan fingerprint density at radius 3 is 1.42 bits per heavy atom. The lowest BCUT2D eigenvalue weighted by atomic mass is 9.98. The summed E-state index contributed by atoms with van der Waals surface area (Å²) in [4.78, 5) is 50.9. The summed E-state index contributed by atoms with van der Waals surface area (Å²) in [6, 6.07) is 0. The Kier molecular flexibility index (Phi) is 42.3. The van der Waals surface area contributed by atoms with Crippen molar-refractivity contribution in [1.29, 1.82) is 0 Å². The Morgan fingerprint density at radius 2 is 0.913 bits per heavy atom. The summed E-state index contributed by atoms with van der Waals surface area (Å²) in [5, 5.41) is 31.3. The van der Waals surface area contributed by atoms with E-state index in [1.807, 2.05) is 0 Å². The first-order valence-electron chi connectivity index (χ1n) is 27.6. The molecule has 1 aliphatic rings. The molecule has 0 saturated carbocycles. The molecule has 1 aliphatic heterocycles. The zero-order valence-corrected chi connectivity index (χ0v) is 43.6. The highest BCUT2D eigenvalue weighted by atomic mass is 16.7. The normalized spacial score (nSPS) is 19.0. The minimum absolute atomic E-state index is 0.0479. The van der Waals surface area contributed by atoms with Crippen LogP contribution < -0.4 is 0 Å². The van der Waals surface area contributed by atoms with Crippen molar-refractivity contribution in [2.75, 3.05) is 13.2 Å². The van der Waals surface area contributed by atoms with Crippen LogP contribution in [0.4, 0.5) is 0 Å². The summed E-state index contributed by atoms with van der Waals surface area (Å²) >= 11 is 0. The van der Waals surface area contributed by atoms with E-state index in [2.05, 4.69) is 69.4 Å². The first-order chi connectivity index (χ1) is 33.6. The molecule has 69 heavy (non-hydrogen) atoms. The first-order valence-corrected chi connectivity index (χ1v) is 27.6. The van der Waals surface area contributed by atoms with E-state index in [-0.39, 0.29) is 25.9 Å². The van der Waals surface area contributed by atoms with Gasteiger partial charge in [0.25, 0.3) is 0 Å². The molecule has 0 radical (unpaired) electrons. The van der Waals surface area contributed by atoms with E-state index in [0.29, 0.717) is 19.3 Å². The van der Waals surface area contributed by atoms with E-state index in [0.717, 1.165) is 128 Å². The summed E-state index contributed by atoms with van der Waals surface area (Å²) in [6.07, 6.45) is 41.0. The zero-order valence-electron chi connectivity index (χ0n) is 43.6. The van der Waals surface area contributed by atoms with Crippen molar-refractivity contribution in [2.45, 2.75) is 276 Å². The molecule has 398 valence electrons. The summed E-state index contributed by atoms with van der Waals surface area (Å²) in [5.41, 5.74) is 0. The molecule has 0 bridgehead atoms. The van der Waals surface area contributed by atoms with Gasteiger partial charge in [0.2, 0.25) is 0 Å². The number of carboxylic acids is 1. The molecular formula is C57H98O12. The number of aliphatic carboxylic acids is 1. The van der Waals surface area contributed by atoms with E-state index in [1.165, 1.54) is 51.4 Å². The molecule has 6 atom stereocenters. The Hall–Kier alpha value is -3.32. The molecule has 12 nitrogen and oxygen atoms in total. The molecule has 0 amide bonds. The highest BCUT2D eigenvalue weighted by Crippen LogP contribution is 2.26. The number of carboxylic acid groups (broad SMARTS) is 1. The topological polar surface area (TPSA) is 175 Å². The average molecular weight is 975 g/mol. The SMILES string of the molecule is CCC/C=C\C/C=C\CCCCCCCC(=O)OC(COC(=O)CCCCCCC/C=C\CCCCCCCC)COC1OC(C(=O)O)C(O)C(O)C1OC(=O)CCCCCCC/C=C\CCCC. The molecule has 0 spiro atoms. The molecule has 3 N–H and O–H groups in total. The summed E-state index contributed by atoms with van der Waals surface area (Å²) in [5.74, 6) is -3.15. The minimum Gasteiger partial charge on any atom is -0.479 e. The molecule has 1 rings (SSSR count). The summed E-state index contributed by atoms with van der Waals surface area (Å²) < 4.78 is 28.3. The summed E-state index contributed by atoms with van der Waals surface area (Å²) in [6.45, 7) is 5.84. The van der Waals surface area contributed by atoms with Crippen LogP contribution in [-0.4, -0.2) is 89.2 Å². The lowest BCUT2D eigenvalue weighted by molar-refractivity contribution is -0.301. The second kappa shape index (κ2) is 45.8. The minimum atomic E-state index is -1.91. The van der Waals surface area contributed by atoms with Gasteiger partial charge in [-0.05, 0) is 89.9 Å². The van der Waals surface area contributed by atoms with Gasteiger partial charge in [0.15, 0.2) is 24.6 Å². The van der Waals surface area contributed by atoms with Crippen LogP contribution in [0.5, 0.6) is 0 Å². The number of aliphatic hydroxyl groups excluding tert-OH is 2. The van der Waals surface area contributed by atoms with Gasteiger partial charge in [0.1, 0.15) is 18.8 Å². The second-order valence-electron chi connectivity index (χ2n) is 18.9. The molecule has 1 heterocycles. The lowest BCUT2D eigenvalue weighted by Crippen LogP contribution is -2.61. The third kappa shape index (κ3) is 36.3. The number of ether oxygens (including phenoxy) is 5. The number of unbranched alkanes of at least 4 members (excludes halogenated alkanes) is 24. The van der Waals surface area contributed by atoms with E-state index < -0.39 is 67.3 Å². The maximum atomic E-state index is 13.1. The number of allylic oxidation sites excluding steroid dienone is 8. The molecule has 0 aromatic carbocycles. The van der Waals surface area contributed by atoms with E-state index in [4.69, 9.17) is 23.7 Å². The third-order valence-electron chi connectivity index (χ3n) is 12.3. The largest absolute Gasteiger partial charge is 0.479 e. The molecule has 0 aromatic rings. The molecule has 0 aliphatic carbocycles. The number of rotatable bonds is 46. The molecule has 12 heteroatoms. The summed E-state index contributed by atoms with van der Waals surface area (Å²) in [7, 11) is 0. The highest BCUT2D eigenvalue weighted by molar-refractivity contribution is 5.74.